The highest BCUT2D eigenvalue weighted by Crippen LogP contribution is 2.20. The first-order valence-corrected chi connectivity index (χ1v) is 8.67. The van der Waals surface area contributed by atoms with Gasteiger partial charge in [-0.15, -0.1) is 0 Å². The largest absolute Gasteiger partial charge is 0.326 e. The third-order valence-corrected chi connectivity index (χ3v) is 4.50. The van der Waals surface area contributed by atoms with Gasteiger partial charge in [-0.05, 0) is 31.0 Å². The first kappa shape index (κ1) is 17.3. The highest BCUT2D eigenvalue weighted by molar-refractivity contribution is 5.76. The maximum Gasteiger partial charge on any atom is 0.269 e. The molecule has 0 amide bonds. The van der Waals surface area contributed by atoms with Gasteiger partial charge in [0.15, 0.2) is 0 Å². The molecule has 138 valence electrons. The summed E-state index contributed by atoms with van der Waals surface area (Å²) in [6.07, 6.45) is 5.50. The zero-order valence-corrected chi connectivity index (χ0v) is 14.5. The molecule has 0 aliphatic heterocycles. The molecule has 0 radical (unpaired) electrons. The minimum atomic E-state index is -0.391. The Bertz CT molecular complexity index is 1170. The first-order valence-electron chi connectivity index (χ1n) is 8.67. The molecule has 4 rings (SSSR count). The van der Waals surface area contributed by atoms with E-state index in [2.05, 4.69) is 15.0 Å². The third-order valence-electron chi connectivity index (χ3n) is 4.50. The molecule has 6 nitrogen and oxygen atoms in total. The summed E-state index contributed by atoms with van der Waals surface area (Å²) in [5.41, 5.74) is 2.26. The van der Waals surface area contributed by atoms with E-state index >= 15 is 0 Å². The van der Waals surface area contributed by atoms with Crippen LogP contribution in [0.2, 0.25) is 0 Å². The quantitative estimate of drug-likeness (QED) is 0.490. The van der Waals surface area contributed by atoms with E-state index in [0.717, 1.165) is 5.52 Å². The summed E-state index contributed by atoms with van der Waals surface area (Å²) in [5.74, 6) is 0.237. The van der Waals surface area contributed by atoms with Gasteiger partial charge in [0, 0.05) is 18.8 Å². The van der Waals surface area contributed by atoms with Crippen molar-refractivity contribution < 1.29 is 8.78 Å². The number of hydrogen-bond acceptors (Lipinski definition) is 4. The summed E-state index contributed by atoms with van der Waals surface area (Å²) < 4.78 is 29.6. The van der Waals surface area contributed by atoms with E-state index in [4.69, 9.17) is 0 Å². The number of benzene rings is 1. The molecule has 3 heterocycles. The number of pyridine rings is 1. The van der Waals surface area contributed by atoms with Crippen molar-refractivity contribution in [3.63, 3.8) is 0 Å². The van der Waals surface area contributed by atoms with Crippen LogP contribution in [0.25, 0.3) is 22.1 Å². The second kappa shape index (κ2) is 7.22. The van der Waals surface area contributed by atoms with Crippen LogP contribution in [-0.4, -0.2) is 30.8 Å². The average Bonchev–Trinajstić information content (AvgIpc) is 3.00. The van der Waals surface area contributed by atoms with Crippen LogP contribution in [0.1, 0.15) is 18.7 Å². The number of rotatable bonds is 6. The van der Waals surface area contributed by atoms with E-state index in [-0.39, 0.29) is 17.9 Å². The summed E-state index contributed by atoms with van der Waals surface area (Å²) in [6.45, 7) is 0.354. The Hall–Kier alpha value is -3.16. The number of unbranched alkanes of at least 4 members (excludes halogenated alkanes) is 1. The van der Waals surface area contributed by atoms with Crippen molar-refractivity contribution in [3.05, 3.63) is 64.9 Å². The van der Waals surface area contributed by atoms with E-state index < -0.39 is 6.67 Å². The second-order valence-electron chi connectivity index (χ2n) is 6.26. The van der Waals surface area contributed by atoms with E-state index in [1.54, 1.807) is 29.1 Å². The van der Waals surface area contributed by atoms with Crippen molar-refractivity contribution in [2.24, 2.45) is 0 Å². The lowest BCUT2D eigenvalue weighted by atomic mass is 10.3. The molecule has 0 bridgehead atoms. The van der Waals surface area contributed by atoms with Gasteiger partial charge in [-0.25, -0.2) is 14.4 Å². The zero-order chi connectivity index (χ0) is 18.8. The molecule has 0 fully saturated rings. The minimum Gasteiger partial charge on any atom is -0.326 e. The number of alkyl halides is 1. The molecule has 0 spiro atoms. The van der Waals surface area contributed by atoms with E-state index in [1.807, 2.05) is 4.57 Å². The van der Waals surface area contributed by atoms with Gasteiger partial charge in [0.2, 0.25) is 0 Å². The maximum atomic E-state index is 13.6. The predicted octanol–water partition coefficient (Wildman–Crippen LogP) is 3.08. The van der Waals surface area contributed by atoms with Crippen LogP contribution >= 0.6 is 0 Å². The summed E-state index contributed by atoms with van der Waals surface area (Å²) >= 11 is 0. The SMILES string of the molecule is O=c1cnc2cnccc2n1Cc1nc2cc(F)ccc2n1CCCCF. The van der Waals surface area contributed by atoms with Crippen LogP contribution in [-0.2, 0) is 13.1 Å². The number of imidazole rings is 1. The molecule has 0 aliphatic carbocycles. The van der Waals surface area contributed by atoms with Crippen LogP contribution in [0, 0.1) is 5.82 Å². The number of nitrogens with zero attached hydrogens (tertiary/aromatic N) is 5. The molecule has 0 unspecified atom stereocenters. The molecule has 0 atom stereocenters. The average molecular weight is 369 g/mol. The summed E-state index contributed by atoms with van der Waals surface area (Å²) in [7, 11) is 0. The molecule has 4 aromatic rings. The van der Waals surface area contributed by atoms with Crippen molar-refractivity contribution >= 4 is 22.1 Å². The van der Waals surface area contributed by atoms with Crippen molar-refractivity contribution in [1.82, 2.24) is 24.1 Å². The standard InChI is InChI=1S/C19H17F2N5O/c20-6-1-2-8-25-16-4-3-13(21)9-14(16)24-18(25)12-26-17-5-7-22-10-15(17)23-11-19(26)27/h3-5,7,9-11H,1-2,6,8,12H2. The molecule has 0 aliphatic rings. The lowest BCUT2D eigenvalue weighted by Crippen LogP contribution is -2.23. The monoisotopic (exact) mass is 369 g/mol. The minimum absolute atomic E-state index is 0.202. The summed E-state index contributed by atoms with van der Waals surface area (Å²) in [6, 6.07) is 6.12. The Balaban J connectivity index is 1.83. The highest BCUT2D eigenvalue weighted by atomic mass is 19.1. The Morgan fingerprint density at radius 3 is 2.70 bits per heavy atom. The Morgan fingerprint density at radius 1 is 1.00 bits per heavy atom. The van der Waals surface area contributed by atoms with Crippen molar-refractivity contribution in [2.45, 2.75) is 25.9 Å². The smallest absolute Gasteiger partial charge is 0.269 e. The van der Waals surface area contributed by atoms with Gasteiger partial charge in [0.1, 0.15) is 17.2 Å². The predicted molar refractivity (Wildman–Crippen MR) is 97.8 cm³/mol. The van der Waals surface area contributed by atoms with Gasteiger partial charge in [0.25, 0.3) is 5.56 Å². The van der Waals surface area contributed by atoms with Gasteiger partial charge < -0.3 is 4.57 Å². The van der Waals surface area contributed by atoms with Crippen molar-refractivity contribution in [1.29, 1.82) is 0 Å². The van der Waals surface area contributed by atoms with Crippen LogP contribution in [0.15, 0.2) is 47.7 Å². The van der Waals surface area contributed by atoms with E-state index in [9.17, 15) is 13.6 Å². The summed E-state index contributed by atoms with van der Waals surface area (Å²) in [5, 5.41) is 0. The molecule has 0 N–H and O–H groups in total. The molecular formula is C19H17F2N5O. The fourth-order valence-corrected chi connectivity index (χ4v) is 3.21. The first-order chi connectivity index (χ1) is 13.2. The third kappa shape index (κ3) is 3.30. The number of aromatic nitrogens is 5. The highest BCUT2D eigenvalue weighted by Gasteiger charge is 2.14. The fraction of sp³-hybridized carbons (Fsp3) is 0.263. The lowest BCUT2D eigenvalue weighted by molar-refractivity contribution is 0.446. The van der Waals surface area contributed by atoms with Crippen LogP contribution in [0.4, 0.5) is 8.78 Å². The van der Waals surface area contributed by atoms with E-state index in [0.29, 0.717) is 41.8 Å². The normalized spacial score (nSPS) is 11.5. The van der Waals surface area contributed by atoms with Gasteiger partial charge in [-0.1, -0.05) is 0 Å². The number of hydrogen-bond donors (Lipinski definition) is 0. The van der Waals surface area contributed by atoms with Crippen molar-refractivity contribution in [3.8, 4) is 0 Å². The molecule has 0 saturated heterocycles. The molecule has 27 heavy (non-hydrogen) atoms. The second-order valence-corrected chi connectivity index (χ2v) is 6.26. The molecular weight excluding hydrogens is 352 g/mol. The zero-order valence-electron chi connectivity index (χ0n) is 14.5. The molecule has 1 aromatic carbocycles. The summed E-state index contributed by atoms with van der Waals surface area (Å²) in [4.78, 5) is 25.1. The lowest BCUT2D eigenvalue weighted by Gasteiger charge is -2.12. The van der Waals surface area contributed by atoms with Crippen LogP contribution in [0.5, 0.6) is 0 Å². The number of aryl methyl sites for hydroxylation is 1. The van der Waals surface area contributed by atoms with Gasteiger partial charge in [-0.3, -0.25) is 18.7 Å². The van der Waals surface area contributed by atoms with Gasteiger partial charge in [0.05, 0.1) is 42.2 Å². The topological polar surface area (TPSA) is 65.6 Å². The van der Waals surface area contributed by atoms with Gasteiger partial charge in [-0.2, -0.15) is 0 Å². The number of fused-ring (bicyclic) bond motifs is 2. The maximum absolute atomic E-state index is 13.6. The Kier molecular flexibility index (Phi) is 4.62. The van der Waals surface area contributed by atoms with Crippen LogP contribution in [0.3, 0.4) is 0 Å². The Morgan fingerprint density at radius 2 is 1.85 bits per heavy atom. The van der Waals surface area contributed by atoms with Gasteiger partial charge >= 0.3 is 0 Å². The molecule has 0 saturated carbocycles. The fourth-order valence-electron chi connectivity index (χ4n) is 3.21. The van der Waals surface area contributed by atoms with Crippen LogP contribution < -0.4 is 5.56 Å². The van der Waals surface area contributed by atoms with Crippen molar-refractivity contribution in [2.75, 3.05) is 6.67 Å². The van der Waals surface area contributed by atoms with E-state index in [1.165, 1.54) is 18.3 Å². The molecule has 3 aromatic heterocycles. The Labute approximate surface area is 153 Å². The molecule has 8 heteroatoms. The number of halogens is 2.